The molecule has 0 saturated heterocycles. The van der Waals surface area contributed by atoms with Crippen LogP contribution in [0.4, 0.5) is 8.78 Å². The second-order valence-electron chi connectivity index (χ2n) is 4.10. The Bertz CT molecular complexity index is 245. The van der Waals surface area contributed by atoms with Gasteiger partial charge in [-0.1, -0.05) is 0 Å². The molecule has 1 atom stereocenters. The Labute approximate surface area is 89.6 Å². The number of hydrogen-bond donors (Lipinski definition) is 2. The average molecular weight is 216 g/mol. The van der Waals surface area contributed by atoms with Crippen LogP contribution in [0.15, 0.2) is 0 Å². The molecule has 0 aromatic heterocycles. The Morgan fingerprint density at radius 1 is 1.47 bits per heavy atom. The maximum atomic E-state index is 12.9. The maximum Gasteiger partial charge on any atom is 0.248 e. The van der Waals surface area contributed by atoms with Crippen molar-refractivity contribution in [2.24, 2.45) is 11.8 Å². The molecule has 15 heavy (non-hydrogen) atoms. The molecule has 0 aromatic rings. The summed E-state index contributed by atoms with van der Waals surface area (Å²) in [6.07, 6.45) is 1.68. The summed E-state index contributed by atoms with van der Waals surface area (Å²) >= 11 is 0. The summed E-state index contributed by atoms with van der Waals surface area (Å²) in [5.74, 6) is 8.90. The molecule has 0 radical (unpaired) electrons. The maximum absolute atomic E-state index is 12.9. The Morgan fingerprint density at radius 3 is 2.53 bits per heavy atom. The second-order valence-corrected chi connectivity index (χ2v) is 4.10. The van der Waals surface area contributed by atoms with E-state index in [4.69, 9.17) is 5.84 Å². The summed E-state index contributed by atoms with van der Waals surface area (Å²) in [5.41, 5.74) is 2.69. The van der Waals surface area contributed by atoms with E-state index in [0.717, 1.165) is 0 Å². The van der Waals surface area contributed by atoms with Gasteiger partial charge in [0.25, 0.3) is 0 Å². The molecule has 86 valence electrons. The molecule has 1 aliphatic carbocycles. The summed E-state index contributed by atoms with van der Waals surface area (Å²) in [6.45, 7) is 1.77. The summed E-state index contributed by atoms with van der Waals surface area (Å²) in [4.78, 5) is 0. The van der Waals surface area contributed by atoms with Crippen molar-refractivity contribution in [3.8, 4) is 11.8 Å². The van der Waals surface area contributed by atoms with Gasteiger partial charge in [-0.15, -0.1) is 11.8 Å². The van der Waals surface area contributed by atoms with Crippen LogP contribution in [-0.4, -0.2) is 12.0 Å². The molecular formula is C11H18F2N2. The molecule has 3 N–H and O–H groups in total. The number of rotatable bonds is 3. The van der Waals surface area contributed by atoms with Crippen LogP contribution >= 0.6 is 0 Å². The van der Waals surface area contributed by atoms with Gasteiger partial charge in [0.15, 0.2) is 0 Å². The minimum Gasteiger partial charge on any atom is -0.271 e. The topological polar surface area (TPSA) is 38.0 Å². The number of hydrogen-bond acceptors (Lipinski definition) is 2. The van der Waals surface area contributed by atoms with Gasteiger partial charge >= 0.3 is 0 Å². The van der Waals surface area contributed by atoms with E-state index in [1.54, 1.807) is 6.92 Å². The van der Waals surface area contributed by atoms with Crippen molar-refractivity contribution in [3.05, 3.63) is 0 Å². The van der Waals surface area contributed by atoms with Crippen LogP contribution in [0.2, 0.25) is 0 Å². The van der Waals surface area contributed by atoms with Crippen molar-refractivity contribution < 1.29 is 8.78 Å². The van der Waals surface area contributed by atoms with Gasteiger partial charge in [-0.2, -0.15) is 0 Å². The van der Waals surface area contributed by atoms with Crippen LogP contribution < -0.4 is 11.3 Å². The molecule has 1 rings (SSSR count). The first kappa shape index (κ1) is 12.4. The third kappa shape index (κ3) is 3.77. The first-order valence-corrected chi connectivity index (χ1v) is 5.32. The molecule has 2 nitrogen and oxygen atoms in total. The molecule has 0 aromatic carbocycles. The first-order chi connectivity index (χ1) is 7.09. The quantitative estimate of drug-likeness (QED) is 0.430. The molecule has 1 saturated carbocycles. The predicted octanol–water partition coefficient (Wildman–Crippen LogP) is 2.06. The third-order valence-corrected chi connectivity index (χ3v) is 3.04. The molecule has 0 aliphatic heterocycles. The zero-order valence-electron chi connectivity index (χ0n) is 9.02. The smallest absolute Gasteiger partial charge is 0.248 e. The van der Waals surface area contributed by atoms with Crippen molar-refractivity contribution in [1.82, 2.24) is 5.43 Å². The fourth-order valence-electron chi connectivity index (χ4n) is 2.04. The van der Waals surface area contributed by atoms with E-state index in [1.807, 2.05) is 0 Å². The van der Waals surface area contributed by atoms with E-state index in [0.29, 0.717) is 19.3 Å². The molecule has 1 unspecified atom stereocenters. The van der Waals surface area contributed by atoms with Crippen LogP contribution in [0.25, 0.3) is 0 Å². The van der Waals surface area contributed by atoms with Crippen molar-refractivity contribution in [1.29, 1.82) is 0 Å². The van der Waals surface area contributed by atoms with Crippen LogP contribution in [0.5, 0.6) is 0 Å². The average Bonchev–Trinajstić information content (AvgIpc) is 2.21. The minimum atomic E-state index is -2.47. The van der Waals surface area contributed by atoms with E-state index in [2.05, 4.69) is 17.3 Å². The lowest BCUT2D eigenvalue weighted by atomic mass is 9.81. The van der Waals surface area contributed by atoms with Gasteiger partial charge in [-0.25, -0.2) is 8.78 Å². The van der Waals surface area contributed by atoms with Crippen LogP contribution in [0.3, 0.4) is 0 Å². The van der Waals surface area contributed by atoms with Gasteiger partial charge in [-0.05, 0) is 25.7 Å². The Balaban J connectivity index is 2.45. The van der Waals surface area contributed by atoms with Gasteiger partial charge in [0.1, 0.15) is 0 Å². The Kier molecular flexibility index (Phi) is 4.49. The van der Waals surface area contributed by atoms with Crippen LogP contribution in [0, 0.1) is 17.8 Å². The fraction of sp³-hybridized carbons (Fsp3) is 0.818. The highest BCUT2D eigenvalue weighted by molar-refractivity contribution is 4.99. The van der Waals surface area contributed by atoms with Crippen molar-refractivity contribution >= 4 is 0 Å². The lowest BCUT2D eigenvalue weighted by molar-refractivity contribution is -0.0493. The number of alkyl halides is 2. The van der Waals surface area contributed by atoms with Crippen LogP contribution in [-0.2, 0) is 0 Å². The minimum absolute atomic E-state index is 0.0185. The molecule has 0 bridgehead atoms. The standard InChI is InChI=1S/C11H18F2N2/c1-2-3-4-10(15-14)9-5-7-11(12,13)8-6-9/h9-10,15H,4-8,14H2,1H3. The fourth-order valence-corrected chi connectivity index (χ4v) is 2.04. The predicted molar refractivity (Wildman–Crippen MR) is 56.1 cm³/mol. The summed E-state index contributed by atoms with van der Waals surface area (Å²) in [6, 6.07) is 0.0496. The van der Waals surface area contributed by atoms with E-state index >= 15 is 0 Å². The third-order valence-electron chi connectivity index (χ3n) is 3.04. The highest BCUT2D eigenvalue weighted by Crippen LogP contribution is 2.37. The van der Waals surface area contributed by atoms with Crippen LogP contribution in [0.1, 0.15) is 39.0 Å². The van der Waals surface area contributed by atoms with Gasteiger partial charge in [0.2, 0.25) is 5.92 Å². The molecule has 1 fully saturated rings. The second kappa shape index (κ2) is 5.43. The number of nitrogens with one attached hydrogen (secondary N) is 1. The SMILES string of the molecule is CC#CCC(NN)C1CCC(F)(F)CC1. The largest absolute Gasteiger partial charge is 0.271 e. The lowest BCUT2D eigenvalue weighted by Gasteiger charge is -2.32. The monoisotopic (exact) mass is 216 g/mol. The molecule has 1 aliphatic rings. The highest BCUT2D eigenvalue weighted by atomic mass is 19.3. The van der Waals surface area contributed by atoms with E-state index in [-0.39, 0.29) is 24.8 Å². The highest BCUT2D eigenvalue weighted by Gasteiger charge is 2.37. The van der Waals surface area contributed by atoms with Gasteiger partial charge in [-0.3, -0.25) is 11.3 Å². The number of halogens is 2. The molecule has 4 heteroatoms. The Morgan fingerprint density at radius 2 is 2.07 bits per heavy atom. The summed E-state index contributed by atoms with van der Waals surface area (Å²) in [7, 11) is 0. The number of nitrogens with two attached hydrogens (primary N) is 1. The zero-order valence-corrected chi connectivity index (χ0v) is 9.02. The van der Waals surface area contributed by atoms with Crippen molar-refractivity contribution in [3.63, 3.8) is 0 Å². The first-order valence-electron chi connectivity index (χ1n) is 5.32. The van der Waals surface area contributed by atoms with E-state index in [9.17, 15) is 8.78 Å². The Hall–Kier alpha value is -0.660. The molecule has 0 amide bonds. The van der Waals surface area contributed by atoms with E-state index in [1.165, 1.54) is 0 Å². The van der Waals surface area contributed by atoms with Gasteiger partial charge in [0.05, 0.1) is 0 Å². The molecule has 0 heterocycles. The molecular weight excluding hydrogens is 198 g/mol. The molecule has 0 spiro atoms. The summed E-state index contributed by atoms with van der Waals surface area (Å²) in [5, 5.41) is 0. The number of hydrazine groups is 1. The normalized spacial score (nSPS) is 22.9. The summed E-state index contributed by atoms with van der Waals surface area (Å²) < 4.78 is 25.8. The zero-order chi connectivity index (χ0) is 11.3. The van der Waals surface area contributed by atoms with E-state index < -0.39 is 5.92 Å². The van der Waals surface area contributed by atoms with Gasteiger partial charge < -0.3 is 0 Å². The lowest BCUT2D eigenvalue weighted by Crippen LogP contribution is -2.43. The van der Waals surface area contributed by atoms with Crippen molar-refractivity contribution in [2.45, 2.75) is 51.0 Å². The van der Waals surface area contributed by atoms with Gasteiger partial charge in [0, 0.05) is 25.3 Å². The van der Waals surface area contributed by atoms with Crippen molar-refractivity contribution in [2.75, 3.05) is 0 Å².